The van der Waals surface area contributed by atoms with Gasteiger partial charge in [-0.2, -0.15) is 8.78 Å². The van der Waals surface area contributed by atoms with Crippen LogP contribution in [0.2, 0.25) is 0 Å². The molecule has 1 aliphatic heterocycles. The number of anilines is 2. The van der Waals surface area contributed by atoms with E-state index in [1.807, 2.05) is 30.0 Å². The number of methoxy groups -OCH3 is 1. The predicted molar refractivity (Wildman–Crippen MR) is 99.7 cm³/mol. The number of amides is 1. The summed E-state index contributed by atoms with van der Waals surface area (Å²) in [5, 5.41) is 3.29. The van der Waals surface area contributed by atoms with E-state index in [1.165, 1.54) is 13.2 Å². The maximum absolute atomic E-state index is 12.4. The summed E-state index contributed by atoms with van der Waals surface area (Å²) in [6.07, 6.45) is 1.50. The highest BCUT2D eigenvalue weighted by molar-refractivity contribution is 5.96. The number of hydrogen-bond acceptors (Lipinski definition) is 4. The number of alkyl halides is 2. The molecule has 0 bridgehead atoms. The number of ether oxygens (including phenoxy) is 2. The summed E-state index contributed by atoms with van der Waals surface area (Å²) >= 11 is 0. The minimum absolute atomic E-state index is 0.00623. The van der Waals surface area contributed by atoms with Crippen molar-refractivity contribution in [1.82, 2.24) is 0 Å². The van der Waals surface area contributed by atoms with Crippen LogP contribution in [0.25, 0.3) is 0 Å². The lowest BCUT2D eigenvalue weighted by Crippen LogP contribution is -2.24. The summed E-state index contributed by atoms with van der Waals surface area (Å²) in [6.45, 7) is 0.337. The number of rotatable bonds is 7. The van der Waals surface area contributed by atoms with E-state index in [9.17, 15) is 13.6 Å². The molecule has 0 aliphatic carbocycles. The second-order valence-electron chi connectivity index (χ2n) is 6.37. The normalized spacial score (nSPS) is 14.0. The molecule has 1 heterocycles. The van der Waals surface area contributed by atoms with Gasteiger partial charge >= 0.3 is 6.61 Å². The number of hydrogen-bond donors (Lipinski definition) is 1. The quantitative estimate of drug-likeness (QED) is 0.781. The van der Waals surface area contributed by atoms with Gasteiger partial charge in [0.2, 0.25) is 5.91 Å². The number of aryl methyl sites for hydroxylation is 1. The molecule has 2 aromatic carbocycles. The molecule has 0 radical (unpaired) electrons. The van der Waals surface area contributed by atoms with Gasteiger partial charge in [-0.05, 0) is 54.8 Å². The molecule has 1 amide bonds. The average Bonchev–Trinajstić information content (AvgIpc) is 3.06. The molecule has 1 aliphatic rings. The van der Waals surface area contributed by atoms with Gasteiger partial charge in [-0.25, -0.2) is 0 Å². The van der Waals surface area contributed by atoms with Crippen LogP contribution in [0.3, 0.4) is 0 Å². The first-order valence-corrected chi connectivity index (χ1v) is 8.74. The summed E-state index contributed by atoms with van der Waals surface area (Å²) in [4.78, 5) is 13.7. The van der Waals surface area contributed by atoms with Gasteiger partial charge in [-0.15, -0.1) is 0 Å². The highest BCUT2D eigenvalue weighted by Crippen LogP contribution is 2.30. The largest absolute Gasteiger partial charge is 0.493 e. The zero-order valence-corrected chi connectivity index (χ0v) is 15.3. The lowest BCUT2D eigenvalue weighted by molar-refractivity contribution is -0.117. The first-order chi connectivity index (χ1) is 13.0. The van der Waals surface area contributed by atoms with Crippen molar-refractivity contribution in [3.05, 3.63) is 47.5 Å². The van der Waals surface area contributed by atoms with Gasteiger partial charge in [0.25, 0.3) is 0 Å². The molecule has 0 aromatic heterocycles. The molecule has 1 fully saturated rings. The van der Waals surface area contributed by atoms with Gasteiger partial charge in [0, 0.05) is 30.9 Å². The van der Waals surface area contributed by atoms with Crippen molar-refractivity contribution in [3.63, 3.8) is 0 Å². The fraction of sp³-hybridized carbons (Fsp3) is 0.350. The minimum Gasteiger partial charge on any atom is -0.493 e. The van der Waals surface area contributed by atoms with Crippen molar-refractivity contribution in [1.29, 1.82) is 0 Å². The number of carbonyl (C=O) groups excluding carboxylic acids is 1. The monoisotopic (exact) mass is 376 g/mol. The Kier molecular flexibility index (Phi) is 5.78. The Hall–Kier alpha value is -2.83. The van der Waals surface area contributed by atoms with Gasteiger partial charge < -0.3 is 19.7 Å². The molecule has 2 aromatic rings. The van der Waals surface area contributed by atoms with Crippen LogP contribution in [-0.2, 0) is 11.3 Å². The van der Waals surface area contributed by atoms with Crippen molar-refractivity contribution in [3.8, 4) is 11.5 Å². The topological polar surface area (TPSA) is 50.8 Å². The lowest BCUT2D eigenvalue weighted by Gasteiger charge is -2.19. The van der Waals surface area contributed by atoms with E-state index in [0.29, 0.717) is 13.0 Å². The van der Waals surface area contributed by atoms with Gasteiger partial charge in [0.1, 0.15) is 0 Å². The molecule has 144 valence electrons. The number of carbonyl (C=O) groups is 1. The van der Waals surface area contributed by atoms with E-state index >= 15 is 0 Å². The van der Waals surface area contributed by atoms with Crippen molar-refractivity contribution < 1.29 is 23.0 Å². The Labute approximate surface area is 156 Å². The van der Waals surface area contributed by atoms with E-state index in [2.05, 4.69) is 10.1 Å². The molecule has 5 nitrogen and oxygen atoms in total. The maximum atomic E-state index is 12.4. The molecular weight excluding hydrogens is 354 g/mol. The molecular formula is C20H22F2N2O3. The molecule has 7 heteroatoms. The first-order valence-electron chi connectivity index (χ1n) is 8.74. The Morgan fingerprint density at radius 1 is 1.19 bits per heavy atom. The van der Waals surface area contributed by atoms with E-state index in [4.69, 9.17) is 4.74 Å². The van der Waals surface area contributed by atoms with Gasteiger partial charge in [-0.1, -0.05) is 6.07 Å². The summed E-state index contributed by atoms with van der Waals surface area (Å²) in [5.74, 6) is 0.428. The van der Waals surface area contributed by atoms with Gasteiger partial charge in [0.15, 0.2) is 11.5 Å². The van der Waals surface area contributed by atoms with E-state index in [0.717, 1.165) is 35.5 Å². The van der Waals surface area contributed by atoms with Gasteiger partial charge in [-0.3, -0.25) is 4.79 Å². The predicted octanol–water partition coefficient (Wildman–Crippen LogP) is 4.34. The Morgan fingerprint density at radius 3 is 2.63 bits per heavy atom. The summed E-state index contributed by atoms with van der Waals surface area (Å²) in [5.41, 5.74) is 3.74. The highest BCUT2D eigenvalue weighted by atomic mass is 19.3. The first kappa shape index (κ1) is 18.9. The molecule has 0 unspecified atom stereocenters. The Bertz CT molecular complexity index is 827. The van der Waals surface area contributed by atoms with Gasteiger partial charge in [0.05, 0.1) is 7.11 Å². The molecule has 0 saturated carbocycles. The number of nitrogens with one attached hydrogen (secondary N) is 1. The standard InChI is InChI=1S/C20H22F2N2O3/c1-13-10-15(6-7-16(13)24-9-3-4-19(24)25)23-12-14-5-8-17(27-20(21)22)18(11-14)26-2/h5-8,10-11,20,23H,3-4,9,12H2,1-2H3. The molecule has 0 atom stereocenters. The van der Waals surface area contributed by atoms with E-state index in [-0.39, 0.29) is 17.4 Å². The fourth-order valence-corrected chi connectivity index (χ4v) is 3.19. The van der Waals surface area contributed by atoms with Crippen LogP contribution in [0, 0.1) is 6.92 Å². The molecule has 1 N–H and O–H groups in total. The third-order valence-electron chi connectivity index (χ3n) is 4.50. The van der Waals surface area contributed by atoms with Crippen LogP contribution >= 0.6 is 0 Å². The van der Waals surface area contributed by atoms with Crippen LogP contribution in [0.5, 0.6) is 11.5 Å². The minimum atomic E-state index is -2.90. The smallest absolute Gasteiger partial charge is 0.387 e. The van der Waals surface area contributed by atoms with Crippen molar-refractivity contribution in [2.24, 2.45) is 0 Å². The van der Waals surface area contributed by atoms with E-state index < -0.39 is 6.61 Å². The molecule has 1 saturated heterocycles. The van der Waals surface area contributed by atoms with Crippen molar-refractivity contribution in [2.45, 2.75) is 32.9 Å². The van der Waals surface area contributed by atoms with Crippen molar-refractivity contribution in [2.75, 3.05) is 23.9 Å². The summed E-state index contributed by atoms with van der Waals surface area (Å²) in [6, 6.07) is 10.7. The average molecular weight is 376 g/mol. The zero-order chi connectivity index (χ0) is 19.4. The summed E-state index contributed by atoms with van der Waals surface area (Å²) < 4.78 is 34.3. The SMILES string of the molecule is COc1cc(CNc2ccc(N3CCCC3=O)c(C)c2)ccc1OC(F)F. The molecule has 3 rings (SSSR count). The van der Waals surface area contributed by atoms with Crippen molar-refractivity contribution >= 4 is 17.3 Å². The fourth-order valence-electron chi connectivity index (χ4n) is 3.19. The maximum Gasteiger partial charge on any atom is 0.387 e. The van der Waals surface area contributed by atoms with Crippen LogP contribution in [0.1, 0.15) is 24.0 Å². The number of halogens is 2. The third-order valence-corrected chi connectivity index (χ3v) is 4.50. The highest BCUT2D eigenvalue weighted by Gasteiger charge is 2.22. The molecule has 27 heavy (non-hydrogen) atoms. The molecule has 0 spiro atoms. The Morgan fingerprint density at radius 2 is 2.00 bits per heavy atom. The zero-order valence-electron chi connectivity index (χ0n) is 15.3. The number of nitrogens with zero attached hydrogens (tertiary/aromatic N) is 1. The third kappa shape index (κ3) is 4.48. The number of benzene rings is 2. The second kappa shape index (κ2) is 8.24. The lowest BCUT2D eigenvalue weighted by atomic mass is 10.1. The van der Waals surface area contributed by atoms with Crippen LogP contribution in [-0.4, -0.2) is 26.2 Å². The Balaban J connectivity index is 1.68. The van der Waals surface area contributed by atoms with Crippen LogP contribution < -0.4 is 19.7 Å². The summed E-state index contributed by atoms with van der Waals surface area (Å²) in [7, 11) is 1.41. The van der Waals surface area contributed by atoms with E-state index in [1.54, 1.807) is 12.1 Å². The second-order valence-corrected chi connectivity index (χ2v) is 6.37. The van der Waals surface area contributed by atoms with Crippen LogP contribution in [0.15, 0.2) is 36.4 Å². The van der Waals surface area contributed by atoms with Crippen LogP contribution in [0.4, 0.5) is 20.2 Å².